The second-order valence-electron chi connectivity index (χ2n) is 5.99. The van der Waals surface area contributed by atoms with Crippen LogP contribution < -0.4 is 10.1 Å². The average Bonchev–Trinajstić information content (AvgIpc) is 2.66. The van der Waals surface area contributed by atoms with Crippen molar-refractivity contribution in [3.8, 4) is 5.75 Å². The number of anilines is 1. The van der Waals surface area contributed by atoms with Crippen molar-refractivity contribution in [3.05, 3.63) is 59.2 Å². The fraction of sp³-hybridized carbons (Fsp3) is 0.300. The summed E-state index contributed by atoms with van der Waals surface area (Å²) in [4.78, 5) is 23.7. The lowest BCUT2D eigenvalue weighted by Gasteiger charge is -2.13. The van der Waals surface area contributed by atoms with Crippen LogP contribution in [0, 0.1) is 6.92 Å². The highest BCUT2D eigenvalue weighted by atomic mass is 19.4. The van der Waals surface area contributed by atoms with E-state index < -0.39 is 36.8 Å². The highest BCUT2D eigenvalue weighted by Crippen LogP contribution is 2.31. The number of carbonyl (C=O) groups is 2. The fourth-order valence-corrected chi connectivity index (χ4v) is 2.47. The number of esters is 1. The molecule has 0 aliphatic carbocycles. The van der Waals surface area contributed by atoms with Gasteiger partial charge in [0.2, 0.25) is 0 Å². The molecule has 0 heterocycles. The first-order chi connectivity index (χ1) is 13.2. The molecule has 8 heteroatoms. The minimum absolute atomic E-state index is 0.122. The maximum absolute atomic E-state index is 12.6. The topological polar surface area (TPSA) is 64.6 Å². The van der Waals surface area contributed by atoms with Gasteiger partial charge in [-0.25, -0.2) is 4.79 Å². The highest BCUT2D eigenvalue weighted by Gasteiger charge is 2.30. The van der Waals surface area contributed by atoms with Crippen LogP contribution in [0.1, 0.15) is 23.6 Å². The maximum Gasteiger partial charge on any atom is 0.416 e. The smallest absolute Gasteiger partial charge is 0.416 e. The van der Waals surface area contributed by atoms with Crippen LogP contribution in [0.5, 0.6) is 5.75 Å². The van der Waals surface area contributed by atoms with Crippen LogP contribution in [0.2, 0.25) is 0 Å². The van der Waals surface area contributed by atoms with Gasteiger partial charge in [0, 0.05) is 5.69 Å². The summed E-state index contributed by atoms with van der Waals surface area (Å²) in [5, 5.41) is 2.70. The van der Waals surface area contributed by atoms with Gasteiger partial charge in [0.15, 0.2) is 13.2 Å². The molecule has 2 rings (SSSR count). The lowest BCUT2D eigenvalue weighted by Crippen LogP contribution is -2.24. The number of hydrogen-bond donors (Lipinski definition) is 1. The van der Waals surface area contributed by atoms with E-state index in [1.165, 1.54) is 12.1 Å². The Labute approximate surface area is 160 Å². The van der Waals surface area contributed by atoms with Crippen molar-refractivity contribution >= 4 is 17.6 Å². The van der Waals surface area contributed by atoms with Gasteiger partial charge in [0.25, 0.3) is 5.91 Å². The van der Waals surface area contributed by atoms with Crippen LogP contribution >= 0.6 is 0 Å². The zero-order chi connectivity index (χ0) is 20.7. The van der Waals surface area contributed by atoms with Crippen LogP contribution in [0.3, 0.4) is 0 Å². The average molecular weight is 395 g/mol. The molecular formula is C20H20F3NO4. The Morgan fingerprint density at radius 1 is 1.07 bits per heavy atom. The van der Waals surface area contributed by atoms with Crippen molar-refractivity contribution in [1.29, 1.82) is 0 Å². The van der Waals surface area contributed by atoms with E-state index in [2.05, 4.69) is 5.32 Å². The van der Waals surface area contributed by atoms with E-state index in [-0.39, 0.29) is 5.75 Å². The third-order valence-corrected chi connectivity index (χ3v) is 3.89. The molecule has 0 saturated carbocycles. The predicted octanol–water partition coefficient (Wildman–Crippen LogP) is 4.14. The summed E-state index contributed by atoms with van der Waals surface area (Å²) in [6.07, 6.45) is -3.78. The lowest BCUT2D eigenvalue weighted by atomic mass is 10.1. The minimum atomic E-state index is -4.51. The molecule has 150 valence electrons. The normalized spacial score (nSPS) is 11.0. The number of benzene rings is 2. The van der Waals surface area contributed by atoms with E-state index >= 15 is 0 Å². The van der Waals surface area contributed by atoms with Gasteiger partial charge in [0.1, 0.15) is 5.75 Å². The lowest BCUT2D eigenvalue weighted by molar-refractivity contribution is -0.149. The molecule has 0 aliphatic rings. The molecule has 0 aromatic heterocycles. The van der Waals surface area contributed by atoms with Gasteiger partial charge in [-0.3, -0.25) is 4.79 Å². The van der Waals surface area contributed by atoms with Gasteiger partial charge in [0.05, 0.1) is 5.56 Å². The van der Waals surface area contributed by atoms with Crippen LogP contribution in [-0.2, 0) is 26.9 Å². The summed E-state index contributed by atoms with van der Waals surface area (Å²) in [5.74, 6) is -1.51. The van der Waals surface area contributed by atoms with Crippen molar-refractivity contribution < 1.29 is 32.2 Å². The summed E-state index contributed by atoms with van der Waals surface area (Å²) in [7, 11) is 0. The maximum atomic E-state index is 12.6. The molecule has 0 spiro atoms. The Bertz CT molecular complexity index is 850. The predicted molar refractivity (Wildman–Crippen MR) is 97.1 cm³/mol. The number of nitrogens with one attached hydrogen (secondary N) is 1. The molecule has 1 amide bonds. The van der Waals surface area contributed by atoms with Gasteiger partial charge >= 0.3 is 12.1 Å². The molecule has 0 fully saturated rings. The van der Waals surface area contributed by atoms with E-state index in [1.54, 1.807) is 0 Å². The summed E-state index contributed by atoms with van der Waals surface area (Å²) in [6.45, 7) is 2.67. The second kappa shape index (κ2) is 9.25. The first kappa shape index (κ1) is 21.3. The third kappa shape index (κ3) is 6.00. The zero-order valence-electron chi connectivity index (χ0n) is 15.4. The number of rotatable bonds is 7. The number of hydrogen-bond acceptors (Lipinski definition) is 4. The third-order valence-electron chi connectivity index (χ3n) is 3.89. The van der Waals surface area contributed by atoms with Crippen LogP contribution in [0.15, 0.2) is 42.5 Å². The standard InChI is InChI=1S/C20H20F3NO4/c1-3-14-7-4-6-13(2)19(14)24-17(25)11-28-18(26)12-27-16-9-5-8-15(10-16)20(21,22)23/h4-10H,3,11-12H2,1-2H3,(H,24,25). The summed E-state index contributed by atoms with van der Waals surface area (Å²) < 4.78 is 47.8. The van der Waals surface area contributed by atoms with Crippen LogP contribution in [0.25, 0.3) is 0 Å². The minimum Gasteiger partial charge on any atom is -0.482 e. The molecule has 2 aromatic rings. The number of alkyl halides is 3. The number of carbonyl (C=O) groups excluding carboxylic acids is 2. The monoisotopic (exact) mass is 395 g/mol. The Balaban J connectivity index is 1.84. The van der Waals surface area contributed by atoms with E-state index in [0.717, 1.165) is 29.7 Å². The molecule has 2 aromatic carbocycles. The number of aryl methyl sites for hydroxylation is 2. The van der Waals surface area contributed by atoms with E-state index in [9.17, 15) is 22.8 Å². The van der Waals surface area contributed by atoms with Crippen molar-refractivity contribution in [2.24, 2.45) is 0 Å². The molecule has 0 atom stereocenters. The molecule has 0 bridgehead atoms. The van der Waals surface area contributed by atoms with Crippen molar-refractivity contribution in [3.63, 3.8) is 0 Å². The molecule has 1 N–H and O–H groups in total. The first-order valence-corrected chi connectivity index (χ1v) is 8.54. The highest BCUT2D eigenvalue weighted by molar-refractivity contribution is 5.94. The molecule has 0 saturated heterocycles. The molecular weight excluding hydrogens is 375 g/mol. The molecule has 0 radical (unpaired) electrons. The van der Waals surface area contributed by atoms with Gasteiger partial charge in [-0.05, 0) is 42.7 Å². The van der Waals surface area contributed by atoms with Gasteiger partial charge in [-0.15, -0.1) is 0 Å². The van der Waals surface area contributed by atoms with Crippen LogP contribution in [0.4, 0.5) is 18.9 Å². The van der Waals surface area contributed by atoms with Gasteiger partial charge in [-0.2, -0.15) is 13.2 Å². The second-order valence-corrected chi connectivity index (χ2v) is 5.99. The molecule has 5 nitrogen and oxygen atoms in total. The first-order valence-electron chi connectivity index (χ1n) is 8.54. The van der Waals surface area contributed by atoms with E-state index in [4.69, 9.17) is 9.47 Å². The Hall–Kier alpha value is -3.03. The largest absolute Gasteiger partial charge is 0.482 e. The van der Waals surface area contributed by atoms with Crippen molar-refractivity contribution in [2.75, 3.05) is 18.5 Å². The summed E-state index contributed by atoms with van der Waals surface area (Å²) in [5.41, 5.74) is 1.62. The summed E-state index contributed by atoms with van der Waals surface area (Å²) >= 11 is 0. The zero-order valence-corrected chi connectivity index (χ0v) is 15.4. The van der Waals surface area contributed by atoms with Gasteiger partial charge in [-0.1, -0.05) is 31.2 Å². The van der Waals surface area contributed by atoms with E-state index in [1.807, 2.05) is 32.0 Å². The summed E-state index contributed by atoms with van der Waals surface area (Å²) in [6, 6.07) is 9.76. The number of amides is 1. The Morgan fingerprint density at radius 2 is 1.79 bits per heavy atom. The van der Waals surface area contributed by atoms with E-state index in [0.29, 0.717) is 5.69 Å². The molecule has 0 aliphatic heterocycles. The van der Waals surface area contributed by atoms with Crippen molar-refractivity contribution in [1.82, 2.24) is 0 Å². The SMILES string of the molecule is CCc1cccc(C)c1NC(=O)COC(=O)COc1cccc(C(F)(F)F)c1. The fourth-order valence-electron chi connectivity index (χ4n) is 2.47. The van der Waals surface area contributed by atoms with Crippen LogP contribution in [-0.4, -0.2) is 25.1 Å². The Morgan fingerprint density at radius 3 is 2.46 bits per heavy atom. The Kier molecular flexibility index (Phi) is 7.03. The number of halogens is 3. The quantitative estimate of drug-likeness (QED) is 0.716. The number of para-hydroxylation sites is 1. The molecule has 28 heavy (non-hydrogen) atoms. The number of ether oxygens (including phenoxy) is 2. The van der Waals surface area contributed by atoms with Crippen molar-refractivity contribution in [2.45, 2.75) is 26.4 Å². The molecule has 0 unspecified atom stereocenters. The van der Waals surface area contributed by atoms with Gasteiger partial charge < -0.3 is 14.8 Å².